The van der Waals surface area contributed by atoms with Gasteiger partial charge in [0.1, 0.15) is 15.6 Å². The molecule has 1 saturated heterocycles. The Hall–Kier alpha value is -2.43. The number of likely N-dealkylation sites (tertiary alicyclic amines) is 1. The van der Waals surface area contributed by atoms with Gasteiger partial charge in [0, 0.05) is 18.2 Å². The number of likely N-dealkylation sites (N-methyl/N-ethyl adjacent to an activating group) is 1. The third-order valence-corrected chi connectivity index (χ3v) is 6.51. The maximum Gasteiger partial charge on any atom is 0.263 e. The molecule has 0 saturated carbocycles. The van der Waals surface area contributed by atoms with Crippen LogP contribution in [0.1, 0.15) is 49.0 Å². The standard InChI is InChI=1S/C23H30N4O2S/c1-6-27-11-7-8-18(27)13-25-22(28)21-16(4)26-23(30-21)17-9-10-20(19(12-17)24-5)29-14-15(2)3/h9-10,12,15,18H,6-8,11,13-14H2,1-4H3,(H,25,28)/t18-/m0/s1. The van der Waals surface area contributed by atoms with Gasteiger partial charge in [0.05, 0.1) is 18.9 Å². The summed E-state index contributed by atoms with van der Waals surface area (Å²) < 4.78 is 5.75. The van der Waals surface area contributed by atoms with Gasteiger partial charge < -0.3 is 10.1 Å². The van der Waals surface area contributed by atoms with Crippen molar-refractivity contribution < 1.29 is 9.53 Å². The molecule has 7 heteroatoms. The predicted octanol–water partition coefficient (Wildman–Crippen LogP) is 4.92. The number of amides is 1. The lowest BCUT2D eigenvalue weighted by Crippen LogP contribution is -2.39. The summed E-state index contributed by atoms with van der Waals surface area (Å²) in [5.41, 5.74) is 2.02. The number of carbonyl (C=O) groups excluding carboxylic acids is 1. The number of nitrogens with zero attached hydrogens (tertiary/aromatic N) is 3. The van der Waals surface area contributed by atoms with Crippen LogP contribution in [0.2, 0.25) is 0 Å². The number of nitrogens with one attached hydrogen (secondary N) is 1. The van der Waals surface area contributed by atoms with Gasteiger partial charge in [0.15, 0.2) is 0 Å². The maximum atomic E-state index is 12.8. The first kappa shape index (κ1) is 22.3. The molecule has 0 bridgehead atoms. The summed E-state index contributed by atoms with van der Waals surface area (Å²) in [6.07, 6.45) is 2.32. The van der Waals surface area contributed by atoms with E-state index in [-0.39, 0.29) is 5.91 Å². The van der Waals surface area contributed by atoms with Crippen molar-refractivity contribution >= 4 is 22.9 Å². The number of hydrogen-bond acceptors (Lipinski definition) is 5. The summed E-state index contributed by atoms with van der Waals surface area (Å²) in [5, 5.41) is 3.84. The van der Waals surface area contributed by atoms with Crippen LogP contribution in [0.5, 0.6) is 5.75 Å². The number of rotatable bonds is 8. The van der Waals surface area contributed by atoms with Crippen molar-refractivity contribution in [1.29, 1.82) is 0 Å². The highest BCUT2D eigenvalue weighted by Gasteiger charge is 2.24. The molecule has 6 nitrogen and oxygen atoms in total. The fraction of sp³-hybridized carbons (Fsp3) is 0.522. The minimum absolute atomic E-state index is 0.0681. The first-order valence-corrected chi connectivity index (χ1v) is 11.4. The van der Waals surface area contributed by atoms with Gasteiger partial charge in [-0.3, -0.25) is 9.69 Å². The van der Waals surface area contributed by atoms with E-state index in [9.17, 15) is 4.79 Å². The van der Waals surface area contributed by atoms with E-state index in [1.807, 2.05) is 19.1 Å². The van der Waals surface area contributed by atoms with Crippen LogP contribution in [0.15, 0.2) is 18.2 Å². The van der Waals surface area contributed by atoms with Crippen LogP contribution in [0, 0.1) is 19.4 Å². The molecular formula is C23H30N4O2S. The second-order valence-electron chi connectivity index (χ2n) is 8.07. The zero-order valence-electron chi connectivity index (χ0n) is 18.2. The van der Waals surface area contributed by atoms with E-state index >= 15 is 0 Å². The van der Waals surface area contributed by atoms with Crippen LogP contribution < -0.4 is 10.1 Å². The van der Waals surface area contributed by atoms with E-state index < -0.39 is 0 Å². The monoisotopic (exact) mass is 426 g/mol. The summed E-state index contributed by atoms with van der Waals surface area (Å²) in [7, 11) is 0. The van der Waals surface area contributed by atoms with Crippen LogP contribution in [0.3, 0.4) is 0 Å². The van der Waals surface area contributed by atoms with Crippen molar-refractivity contribution in [2.45, 2.75) is 46.6 Å². The molecule has 3 rings (SSSR count). The van der Waals surface area contributed by atoms with Gasteiger partial charge in [-0.1, -0.05) is 26.8 Å². The summed E-state index contributed by atoms with van der Waals surface area (Å²) in [5.74, 6) is 0.909. The fourth-order valence-corrected chi connectivity index (χ4v) is 4.66. The molecule has 0 spiro atoms. The van der Waals surface area contributed by atoms with Crippen molar-refractivity contribution in [3.05, 3.63) is 40.2 Å². The van der Waals surface area contributed by atoms with Crippen molar-refractivity contribution in [3.8, 4) is 16.3 Å². The Balaban J connectivity index is 1.72. The Morgan fingerprint density at radius 2 is 2.27 bits per heavy atom. The maximum absolute atomic E-state index is 12.8. The largest absolute Gasteiger partial charge is 0.504 e. The average Bonchev–Trinajstić information content (AvgIpc) is 3.36. The highest BCUT2D eigenvalue weighted by molar-refractivity contribution is 7.17. The number of aryl methyl sites for hydroxylation is 1. The van der Waals surface area contributed by atoms with Gasteiger partial charge in [-0.25, -0.2) is 9.83 Å². The molecule has 1 amide bonds. The van der Waals surface area contributed by atoms with Gasteiger partial charge >= 0.3 is 0 Å². The molecular weight excluding hydrogens is 396 g/mol. The molecule has 0 unspecified atom stereocenters. The van der Waals surface area contributed by atoms with Crippen LogP contribution in [-0.2, 0) is 0 Å². The number of ether oxygens (including phenoxy) is 1. The third-order valence-electron chi connectivity index (χ3n) is 5.30. The highest BCUT2D eigenvalue weighted by Crippen LogP contribution is 2.35. The minimum atomic E-state index is -0.0681. The van der Waals surface area contributed by atoms with E-state index in [1.54, 1.807) is 6.07 Å². The highest BCUT2D eigenvalue weighted by atomic mass is 32.1. The lowest BCUT2D eigenvalue weighted by molar-refractivity contribution is 0.0944. The third kappa shape index (κ3) is 5.18. The van der Waals surface area contributed by atoms with Crippen LogP contribution in [0.4, 0.5) is 5.69 Å². The molecule has 1 aliphatic rings. The van der Waals surface area contributed by atoms with Crippen molar-refractivity contribution in [3.63, 3.8) is 0 Å². The topological polar surface area (TPSA) is 58.8 Å². The normalized spacial score (nSPS) is 16.6. The molecule has 1 aromatic carbocycles. The Kier molecular flexibility index (Phi) is 7.46. The lowest BCUT2D eigenvalue weighted by atomic mass is 10.2. The molecule has 1 N–H and O–H groups in total. The average molecular weight is 427 g/mol. The second kappa shape index (κ2) is 10.1. The van der Waals surface area contributed by atoms with Gasteiger partial charge in [0.25, 0.3) is 5.91 Å². The Bertz CT molecular complexity index is 932. The number of thiazole rings is 1. The Labute approximate surface area is 183 Å². The van der Waals surface area contributed by atoms with Gasteiger partial charge in [-0.15, -0.1) is 11.3 Å². The fourth-order valence-electron chi connectivity index (χ4n) is 3.68. The number of benzene rings is 1. The predicted molar refractivity (Wildman–Crippen MR) is 121 cm³/mol. The molecule has 0 radical (unpaired) electrons. The van der Waals surface area contributed by atoms with Crippen molar-refractivity contribution in [1.82, 2.24) is 15.2 Å². The molecule has 1 aromatic heterocycles. The smallest absolute Gasteiger partial charge is 0.263 e. The summed E-state index contributed by atoms with van der Waals surface area (Å²) >= 11 is 1.37. The van der Waals surface area contributed by atoms with Gasteiger partial charge in [0.2, 0.25) is 5.69 Å². The van der Waals surface area contributed by atoms with E-state index in [0.29, 0.717) is 41.4 Å². The zero-order valence-corrected chi connectivity index (χ0v) is 19.0. The van der Waals surface area contributed by atoms with Crippen LogP contribution >= 0.6 is 11.3 Å². The second-order valence-corrected chi connectivity index (χ2v) is 9.07. The molecule has 1 aliphatic heterocycles. The summed E-state index contributed by atoms with van der Waals surface area (Å²) in [6, 6.07) is 5.94. The first-order valence-electron chi connectivity index (χ1n) is 10.6. The van der Waals surface area contributed by atoms with Crippen molar-refractivity contribution in [2.24, 2.45) is 5.92 Å². The molecule has 1 atom stereocenters. The van der Waals surface area contributed by atoms with E-state index in [0.717, 1.165) is 35.8 Å². The summed E-state index contributed by atoms with van der Waals surface area (Å²) in [6.45, 7) is 19.0. The first-order chi connectivity index (χ1) is 14.4. The lowest BCUT2D eigenvalue weighted by Gasteiger charge is -2.22. The van der Waals surface area contributed by atoms with Crippen molar-refractivity contribution in [2.75, 3.05) is 26.2 Å². The van der Waals surface area contributed by atoms with E-state index in [1.165, 1.54) is 17.8 Å². The quantitative estimate of drug-likeness (QED) is 0.609. The van der Waals surface area contributed by atoms with E-state index in [2.05, 4.69) is 40.8 Å². The van der Waals surface area contributed by atoms with Crippen LogP contribution in [-0.4, -0.2) is 48.1 Å². The number of aromatic nitrogens is 1. The Morgan fingerprint density at radius 1 is 1.47 bits per heavy atom. The molecule has 2 aromatic rings. The number of hydrogen-bond donors (Lipinski definition) is 1. The molecule has 160 valence electrons. The van der Waals surface area contributed by atoms with Gasteiger partial charge in [-0.05, 0) is 50.9 Å². The summed E-state index contributed by atoms with van der Waals surface area (Å²) in [4.78, 5) is 24.0. The zero-order chi connectivity index (χ0) is 21.7. The van der Waals surface area contributed by atoms with Crippen LogP contribution in [0.25, 0.3) is 15.4 Å². The minimum Gasteiger partial charge on any atom is -0.504 e. The molecule has 30 heavy (non-hydrogen) atoms. The molecule has 2 heterocycles. The molecule has 1 fully saturated rings. The molecule has 0 aliphatic carbocycles. The van der Waals surface area contributed by atoms with E-state index in [4.69, 9.17) is 11.3 Å². The SMILES string of the molecule is [C-]#[N+]c1cc(-c2nc(C)c(C(=O)NC[C@@H]3CCCN3CC)s2)ccc1OCC(C)C. The number of carbonyl (C=O) groups is 1. The van der Waals surface area contributed by atoms with Gasteiger partial charge in [-0.2, -0.15) is 0 Å². The Morgan fingerprint density at radius 3 is 2.97 bits per heavy atom.